The van der Waals surface area contributed by atoms with Crippen LogP contribution in [0, 0.1) is 0 Å². The summed E-state index contributed by atoms with van der Waals surface area (Å²) in [6, 6.07) is 14.5. The van der Waals surface area contributed by atoms with Crippen LogP contribution in [0.5, 0.6) is 0 Å². The van der Waals surface area contributed by atoms with E-state index in [1.54, 1.807) is 18.2 Å². The van der Waals surface area contributed by atoms with Crippen molar-refractivity contribution in [2.45, 2.75) is 17.4 Å². The molecule has 1 aromatic heterocycles. The molecule has 24 heavy (non-hydrogen) atoms. The number of anilines is 1. The van der Waals surface area contributed by atoms with E-state index in [4.69, 9.17) is 0 Å². The molecule has 1 aliphatic rings. The summed E-state index contributed by atoms with van der Waals surface area (Å²) in [6.45, 7) is 0.0696. The summed E-state index contributed by atoms with van der Waals surface area (Å²) in [5, 5.41) is 11.0. The zero-order valence-electron chi connectivity index (χ0n) is 13.3. The molecule has 5 nitrogen and oxygen atoms in total. The van der Waals surface area contributed by atoms with E-state index < -0.39 is 16.1 Å². The molecule has 1 unspecified atom stereocenters. The van der Waals surface area contributed by atoms with E-state index in [9.17, 15) is 13.5 Å². The lowest BCUT2D eigenvalue weighted by Crippen LogP contribution is -2.42. The van der Waals surface area contributed by atoms with E-state index in [0.29, 0.717) is 17.6 Å². The highest BCUT2D eigenvalue weighted by Gasteiger charge is 2.33. The molecule has 0 radical (unpaired) electrons. The molecule has 0 saturated carbocycles. The van der Waals surface area contributed by atoms with Crippen LogP contribution in [0.3, 0.4) is 0 Å². The number of rotatable bonds is 2. The number of para-hydroxylation sites is 2. The molecule has 3 aromatic rings. The van der Waals surface area contributed by atoms with E-state index in [2.05, 4.69) is 0 Å². The minimum Gasteiger partial charge on any atom is -0.391 e. The smallest absolute Gasteiger partial charge is 0.266 e. The summed E-state index contributed by atoms with van der Waals surface area (Å²) in [4.78, 5) is 0.261. The van der Waals surface area contributed by atoms with Crippen LogP contribution < -0.4 is 4.31 Å². The largest absolute Gasteiger partial charge is 0.391 e. The standard InChI is InChI=1S/C18H18N2O3S/c1-19-10-9-13-6-4-8-17(18(13)19)24(22,23)20-12-15(21)11-14-5-2-3-7-16(14)20/h2-10,15,21H,11-12H2,1H3. The van der Waals surface area contributed by atoms with E-state index in [1.165, 1.54) is 4.31 Å². The van der Waals surface area contributed by atoms with Crippen molar-refractivity contribution in [3.63, 3.8) is 0 Å². The lowest BCUT2D eigenvalue weighted by molar-refractivity contribution is 0.180. The summed E-state index contributed by atoms with van der Waals surface area (Å²) in [6.07, 6.45) is 1.61. The van der Waals surface area contributed by atoms with Gasteiger partial charge in [-0.3, -0.25) is 4.31 Å². The van der Waals surface area contributed by atoms with Gasteiger partial charge in [-0.2, -0.15) is 0 Å². The lowest BCUT2D eigenvalue weighted by Gasteiger charge is -2.33. The molecule has 0 saturated heterocycles. The number of aliphatic hydroxyl groups excluding tert-OH is 1. The maximum atomic E-state index is 13.4. The van der Waals surface area contributed by atoms with E-state index in [-0.39, 0.29) is 11.4 Å². The topological polar surface area (TPSA) is 62.5 Å². The Balaban J connectivity index is 1.94. The van der Waals surface area contributed by atoms with E-state index in [0.717, 1.165) is 10.9 Å². The summed E-state index contributed by atoms with van der Waals surface area (Å²) in [5.74, 6) is 0. The molecule has 1 N–H and O–H groups in total. The van der Waals surface area contributed by atoms with Gasteiger partial charge < -0.3 is 9.67 Å². The molecule has 0 amide bonds. The Morgan fingerprint density at radius 2 is 1.88 bits per heavy atom. The first kappa shape index (κ1) is 15.2. The van der Waals surface area contributed by atoms with Gasteiger partial charge in [0, 0.05) is 25.1 Å². The van der Waals surface area contributed by atoms with Crippen molar-refractivity contribution < 1.29 is 13.5 Å². The van der Waals surface area contributed by atoms with Gasteiger partial charge in [0.25, 0.3) is 10.0 Å². The van der Waals surface area contributed by atoms with Crippen molar-refractivity contribution in [1.29, 1.82) is 0 Å². The highest BCUT2D eigenvalue weighted by Crippen LogP contribution is 2.34. The number of benzene rings is 2. The van der Waals surface area contributed by atoms with Crippen LogP contribution in [-0.2, 0) is 23.5 Å². The van der Waals surface area contributed by atoms with Gasteiger partial charge in [0.1, 0.15) is 4.90 Å². The molecule has 1 atom stereocenters. The van der Waals surface area contributed by atoms with Gasteiger partial charge in [-0.05, 0) is 23.8 Å². The number of aromatic nitrogens is 1. The first-order valence-corrected chi connectivity index (χ1v) is 9.25. The fraction of sp³-hybridized carbons (Fsp3) is 0.222. The Bertz CT molecular complexity index is 1020. The van der Waals surface area contributed by atoms with Crippen molar-refractivity contribution >= 4 is 26.6 Å². The molecule has 6 heteroatoms. The Labute approximate surface area is 140 Å². The quantitative estimate of drug-likeness (QED) is 0.777. The van der Waals surface area contributed by atoms with Gasteiger partial charge in [0.05, 0.1) is 23.9 Å². The Morgan fingerprint density at radius 3 is 2.71 bits per heavy atom. The van der Waals surface area contributed by atoms with Crippen molar-refractivity contribution in [1.82, 2.24) is 4.57 Å². The number of hydrogen-bond donors (Lipinski definition) is 1. The zero-order chi connectivity index (χ0) is 16.9. The second-order valence-electron chi connectivity index (χ2n) is 6.14. The van der Waals surface area contributed by atoms with Crippen molar-refractivity contribution in [3.8, 4) is 0 Å². The van der Waals surface area contributed by atoms with Gasteiger partial charge in [-0.15, -0.1) is 0 Å². The molecular formula is C18H18N2O3S. The van der Waals surface area contributed by atoms with Crippen LogP contribution in [0.1, 0.15) is 5.56 Å². The lowest BCUT2D eigenvalue weighted by atomic mass is 10.0. The number of hydrogen-bond acceptors (Lipinski definition) is 3. The molecule has 2 heterocycles. The van der Waals surface area contributed by atoms with Crippen molar-refractivity contribution in [3.05, 3.63) is 60.3 Å². The van der Waals surface area contributed by atoms with Crippen LogP contribution in [-0.4, -0.2) is 30.7 Å². The van der Waals surface area contributed by atoms with Crippen LogP contribution in [0.25, 0.3) is 10.9 Å². The van der Waals surface area contributed by atoms with Crippen molar-refractivity contribution in [2.75, 3.05) is 10.8 Å². The minimum atomic E-state index is -3.77. The summed E-state index contributed by atoms with van der Waals surface area (Å²) in [5.41, 5.74) is 2.17. The molecule has 0 fully saturated rings. The molecule has 2 aromatic carbocycles. The molecule has 1 aliphatic heterocycles. The first-order chi connectivity index (χ1) is 11.5. The predicted octanol–water partition coefficient (Wildman–Crippen LogP) is 2.29. The van der Waals surface area contributed by atoms with Gasteiger partial charge in [-0.1, -0.05) is 30.3 Å². The van der Waals surface area contributed by atoms with Crippen LogP contribution in [0.2, 0.25) is 0 Å². The van der Waals surface area contributed by atoms with Crippen molar-refractivity contribution in [2.24, 2.45) is 7.05 Å². The highest BCUT2D eigenvalue weighted by molar-refractivity contribution is 7.93. The minimum absolute atomic E-state index is 0.0696. The predicted molar refractivity (Wildman–Crippen MR) is 93.6 cm³/mol. The molecule has 0 aliphatic carbocycles. The Hall–Kier alpha value is -2.31. The third kappa shape index (κ3) is 2.22. The number of nitrogens with zero attached hydrogens (tertiary/aromatic N) is 2. The second-order valence-corrected chi connectivity index (χ2v) is 7.97. The second kappa shape index (κ2) is 5.36. The third-order valence-electron chi connectivity index (χ3n) is 4.52. The summed E-state index contributed by atoms with van der Waals surface area (Å²) in [7, 11) is -1.94. The monoisotopic (exact) mass is 342 g/mol. The van der Waals surface area contributed by atoms with Gasteiger partial charge in [0.15, 0.2) is 0 Å². The number of fused-ring (bicyclic) bond motifs is 2. The SMILES string of the molecule is Cn1ccc2cccc(S(=O)(=O)N3CC(O)Cc4ccccc43)c21. The van der Waals surface area contributed by atoms with E-state index >= 15 is 0 Å². The Kier molecular flexibility index (Phi) is 3.40. The molecular weight excluding hydrogens is 324 g/mol. The molecule has 4 rings (SSSR count). The van der Waals surface area contributed by atoms with E-state index in [1.807, 2.05) is 48.1 Å². The number of sulfonamides is 1. The molecule has 124 valence electrons. The average molecular weight is 342 g/mol. The molecule has 0 bridgehead atoms. The number of β-amino-alcohol motifs (C(OH)–C–C–N with tert-alkyl or cyclic N) is 1. The van der Waals surface area contributed by atoms with Crippen LogP contribution in [0.4, 0.5) is 5.69 Å². The Morgan fingerprint density at radius 1 is 1.08 bits per heavy atom. The zero-order valence-corrected chi connectivity index (χ0v) is 14.1. The van der Waals surface area contributed by atoms with Gasteiger partial charge in [-0.25, -0.2) is 8.42 Å². The maximum Gasteiger partial charge on any atom is 0.266 e. The number of aryl methyl sites for hydroxylation is 1. The maximum absolute atomic E-state index is 13.4. The molecule has 0 spiro atoms. The summed E-state index contributed by atoms with van der Waals surface area (Å²) >= 11 is 0. The average Bonchev–Trinajstić information content (AvgIpc) is 2.95. The highest BCUT2D eigenvalue weighted by atomic mass is 32.2. The number of aliphatic hydroxyl groups is 1. The van der Waals surface area contributed by atoms with Gasteiger partial charge >= 0.3 is 0 Å². The normalized spacial score (nSPS) is 17.9. The van der Waals surface area contributed by atoms with Crippen LogP contribution in [0.15, 0.2) is 59.6 Å². The summed E-state index contributed by atoms with van der Waals surface area (Å²) < 4.78 is 29.9. The van der Waals surface area contributed by atoms with Crippen LogP contribution >= 0.6 is 0 Å². The fourth-order valence-corrected chi connectivity index (χ4v) is 5.21. The first-order valence-electron chi connectivity index (χ1n) is 7.81. The van der Waals surface area contributed by atoms with Gasteiger partial charge in [0.2, 0.25) is 0 Å². The fourth-order valence-electron chi connectivity index (χ4n) is 3.41. The third-order valence-corrected chi connectivity index (χ3v) is 6.33.